The van der Waals surface area contributed by atoms with Crippen LogP contribution >= 0.6 is 7.82 Å². The molecular formula is C55H102NO8P. The smallest absolute Gasteiger partial charge is 0.463 e. The number of carbonyl (C=O) groups excluding carboxylic acids is 2. The van der Waals surface area contributed by atoms with Crippen molar-refractivity contribution in [2.24, 2.45) is 0 Å². The number of ether oxygens (including phenoxy) is 1. The number of nitrogens with one attached hydrogen (secondary N) is 1. The van der Waals surface area contributed by atoms with Gasteiger partial charge >= 0.3 is 13.8 Å². The van der Waals surface area contributed by atoms with Crippen molar-refractivity contribution in [1.29, 1.82) is 0 Å². The van der Waals surface area contributed by atoms with Crippen molar-refractivity contribution in [3.05, 3.63) is 48.6 Å². The second-order valence-corrected chi connectivity index (χ2v) is 19.7. The summed E-state index contributed by atoms with van der Waals surface area (Å²) in [7, 11) is -4.43. The second kappa shape index (κ2) is 51.4. The molecule has 0 aliphatic rings. The van der Waals surface area contributed by atoms with Crippen LogP contribution in [0.5, 0.6) is 0 Å². The Kier molecular flexibility index (Phi) is 49.8. The van der Waals surface area contributed by atoms with Gasteiger partial charge in [-0.3, -0.25) is 18.6 Å². The Labute approximate surface area is 400 Å². The van der Waals surface area contributed by atoms with E-state index in [9.17, 15) is 24.2 Å². The molecule has 0 fully saturated rings. The van der Waals surface area contributed by atoms with Crippen molar-refractivity contribution in [2.75, 3.05) is 26.4 Å². The lowest BCUT2D eigenvalue weighted by molar-refractivity contribution is -0.147. The van der Waals surface area contributed by atoms with E-state index in [4.69, 9.17) is 13.8 Å². The average Bonchev–Trinajstić information content (AvgIpc) is 3.29. The molecule has 2 unspecified atom stereocenters. The molecule has 0 saturated heterocycles. The van der Waals surface area contributed by atoms with Gasteiger partial charge in [0.05, 0.1) is 13.2 Å². The second-order valence-electron chi connectivity index (χ2n) is 18.2. The Morgan fingerprint density at radius 2 is 0.831 bits per heavy atom. The zero-order valence-corrected chi connectivity index (χ0v) is 43.1. The first-order chi connectivity index (χ1) is 31.8. The maximum absolute atomic E-state index is 12.2. The van der Waals surface area contributed by atoms with Crippen molar-refractivity contribution in [1.82, 2.24) is 5.32 Å². The zero-order chi connectivity index (χ0) is 47.4. The molecule has 2 atom stereocenters. The molecule has 0 radical (unpaired) electrons. The summed E-state index contributed by atoms with van der Waals surface area (Å²) >= 11 is 0. The van der Waals surface area contributed by atoms with E-state index >= 15 is 0 Å². The van der Waals surface area contributed by atoms with Crippen molar-refractivity contribution < 1.29 is 37.9 Å². The van der Waals surface area contributed by atoms with E-state index in [1.165, 1.54) is 154 Å². The fourth-order valence-corrected chi connectivity index (χ4v) is 8.42. The van der Waals surface area contributed by atoms with Crippen molar-refractivity contribution >= 4 is 19.7 Å². The summed E-state index contributed by atoms with van der Waals surface area (Å²) < 4.78 is 27.0. The molecule has 10 heteroatoms. The lowest BCUT2D eigenvalue weighted by atomic mass is 10.0. The predicted molar refractivity (Wildman–Crippen MR) is 275 cm³/mol. The van der Waals surface area contributed by atoms with E-state index in [0.717, 1.165) is 70.6 Å². The summed E-state index contributed by atoms with van der Waals surface area (Å²) in [5.74, 6) is -0.526. The monoisotopic (exact) mass is 936 g/mol. The first-order valence-corrected chi connectivity index (χ1v) is 28.6. The lowest BCUT2D eigenvalue weighted by Gasteiger charge is -2.15. The van der Waals surface area contributed by atoms with Crippen LogP contribution in [0.4, 0.5) is 0 Å². The molecule has 0 aliphatic heterocycles. The number of phosphoric ester groups is 1. The number of amides is 1. The van der Waals surface area contributed by atoms with Gasteiger partial charge in [-0.25, -0.2) is 4.57 Å². The van der Waals surface area contributed by atoms with Gasteiger partial charge in [-0.2, -0.15) is 0 Å². The van der Waals surface area contributed by atoms with Gasteiger partial charge in [0, 0.05) is 19.4 Å². The molecule has 1 amide bonds. The quantitative estimate of drug-likeness (QED) is 0.0238. The van der Waals surface area contributed by atoms with Gasteiger partial charge in [0.1, 0.15) is 12.7 Å². The predicted octanol–water partition coefficient (Wildman–Crippen LogP) is 16.2. The molecule has 0 saturated carbocycles. The summed E-state index contributed by atoms with van der Waals surface area (Å²) in [5.41, 5.74) is 0. The first-order valence-electron chi connectivity index (χ1n) is 27.1. The van der Waals surface area contributed by atoms with Gasteiger partial charge in [0.2, 0.25) is 5.91 Å². The number of unbranched alkanes of at least 4 members (excludes halogenated alkanes) is 30. The number of allylic oxidation sites excluding steroid dienone is 8. The Morgan fingerprint density at radius 3 is 1.28 bits per heavy atom. The van der Waals surface area contributed by atoms with E-state index in [2.05, 4.69) is 67.8 Å². The summed E-state index contributed by atoms with van der Waals surface area (Å²) in [4.78, 5) is 34.1. The van der Waals surface area contributed by atoms with Crippen LogP contribution < -0.4 is 5.32 Å². The number of esters is 1. The van der Waals surface area contributed by atoms with Crippen molar-refractivity contribution in [3.8, 4) is 0 Å². The fourth-order valence-electron chi connectivity index (χ4n) is 7.66. The van der Waals surface area contributed by atoms with Crippen LogP contribution in [0.25, 0.3) is 0 Å². The highest BCUT2D eigenvalue weighted by atomic mass is 31.2. The Hall–Kier alpha value is -2.03. The third-order valence-corrected chi connectivity index (χ3v) is 12.7. The Morgan fingerprint density at radius 1 is 0.477 bits per heavy atom. The normalized spacial score (nSPS) is 13.5. The van der Waals surface area contributed by atoms with E-state index in [0.29, 0.717) is 12.8 Å². The van der Waals surface area contributed by atoms with E-state index in [1.807, 2.05) is 0 Å². The zero-order valence-electron chi connectivity index (χ0n) is 42.2. The Balaban J connectivity index is 3.56. The minimum Gasteiger partial charge on any atom is -0.463 e. The summed E-state index contributed by atoms with van der Waals surface area (Å²) in [6.07, 6.45) is 62.0. The number of aliphatic hydroxyl groups is 1. The summed E-state index contributed by atoms with van der Waals surface area (Å²) in [6.45, 7) is 3.55. The van der Waals surface area contributed by atoms with Gasteiger partial charge < -0.3 is 20.1 Å². The topological polar surface area (TPSA) is 131 Å². The van der Waals surface area contributed by atoms with E-state index in [-0.39, 0.29) is 32.1 Å². The molecule has 0 bridgehead atoms. The van der Waals surface area contributed by atoms with Crippen molar-refractivity contribution in [2.45, 2.75) is 264 Å². The third-order valence-electron chi connectivity index (χ3n) is 11.8. The van der Waals surface area contributed by atoms with Gasteiger partial charge in [-0.1, -0.05) is 236 Å². The lowest BCUT2D eigenvalue weighted by Crippen LogP contribution is -2.27. The molecule has 0 heterocycles. The van der Waals surface area contributed by atoms with Crippen LogP contribution in [-0.2, 0) is 27.9 Å². The molecule has 0 spiro atoms. The maximum Gasteiger partial charge on any atom is 0.472 e. The number of hydrogen-bond donors (Lipinski definition) is 3. The van der Waals surface area contributed by atoms with Crippen LogP contribution in [0.15, 0.2) is 48.6 Å². The van der Waals surface area contributed by atoms with Crippen LogP contribution in [0, 0.1) is 0 Å². The SMILES string of the molecule is CCCCC/C=C\C/C=C\C/C=C\C/C=C\CCCCCCCC(=O)OCC(O)COP(=O)(O)OCCNC(=O)CCCCCCCCCCCCCCCCCCCCCCCCC. The average molecular weight is 936 g/mol. The molecular weight excluding hydrogens is 834 g/mol. The van der Waals surface area contributed by atoms with Crippen LogP contribution in [-0.4, -0.2) is 54.3 Å². The van der Waals surface area contributed by atoms with Gasteiger partial charge in [0.25, 0.3) is 0 Å². The van der Waals surface area contributed by atoms with E-state index in [1.54, 1.807) is 0 Å². The molecule has 0 aromatic rings. The van der Waals surface area contributed by atoms with Gasteiger partial charge in [0.15, 0.2) is 0 Å². The van der Waals surface area contributed by atoms with E-state index < -0.39 is 26.5 Å². The van der Waals surface area contributed by atoms with Crippen LogP contribution in [0.3, 0.4) is 0 Å². The highest BCUT2D eigenvalue weighted by Gasteiger charge is 2.23. The van der Waals surface area contributed by atoms with Gasteiger partial charge in [-0.15, -0.1) is 0 Å². The van der Waals surface area contributed by atoms with Crippen molar-refractivity contribution in [3.63, 3.8) is 0 Å². The largest absolute Gasteiger partial charge is 0.472 e. The summed E-state index contributed by atoms with van der Waals surface area (Å²) in [6, 6.07) is 0. The van der Waals surface area contributed by atoms with Crippen LogP contribution in [0.2, 0.25) is 0 Å². The molecule has 65 heavy (non-hydrogen) atoms. The molecule has 0 rings (SSSR count). The highest BCUT2D eigenvalue weighted by molar-refractivity contribution is 7.47. The fraction of sp³-hybridized carbons (Fsp3) is 0.818. The molecule has 0 aromatic heterocycles. The summed E-state index contributed by atoms with van der Waals surface area (Å²) in [5, 5.41) is 12.8. The molecule has 380 valence electrons. The number of aliphatic hydroxyl groups excluding tert-OH is 1. The van der Waals surface area contributed by atoms with Crippen LogP contribution in [0.1, 0.15) is 258 Å². The standard InChI is InChI=1S/C55H102NO8P/c1-3-5-7-9-11-13-15-17-19-21-23-25-26-28-29-31-33-35-37-39-41-43-45-47-54(58)56-49-50-63-65(60,61)64-52-53(57)51-62-55(59)48-46-44-42-40-38-36-34-32-30-27-24-22-20-18-16-14-12-10-8-6-4-2/h12,14,18,20,24,27,32,34,53,57H,3-11,13,15-17,19,21-23,25-26,28-31,33,35-52H2,1-2H3,(H,56,58)(H,60,61)/b14-12-,20-18-,27-24-,34-32-. The number of carbonyl (C=O) groups is 2. The number of rotatable bonds is 51. The maximum atomic E-state index is 12.2. The number of phosphoric acid groups is 1. The highest BCUT2D eigenvalue weighted by Crippen LogP contribution is 2.42. The van der Waals surface area contributed by atoms with Gasteiger partial charge in [-0.05, 0) is 57.8 Å². The Bertz CT molecular complexity index is 1200. The first kappa shape index (κ1) is 63.0. The molecule has 0 aliphatic carbocycles. The molecule has 3 N–H and O–H groups in total. The third kappa shape index (κ3) is 52.8. The minimum absolute atomic E-state index is 0.0810. The molecule has 9 nitrogen and oxygen atoms in total. The number of hydrogen-bond acceptors (Lipinski definition) is 7. The molecule has 0 aromatic carbocycles. The minimum atomic E-state index is -4.43.